The summed E-state index contributed by atoms with van der Waals surface area (Å²) in [6, 6.07) is 22.9. The van der Waals surface area contributed by atoms with Gasteiger partial charge in [0.25, 0.3) is 0 Å². The summed E-state index contributed by atoms with van der Waals surface area (Å²) in [5.74, 6) is 5.02. The summed E-state index contributed by atoms with van der Waals surface area (Å²) in [5, 5.41) is 10.4. The highest BCUT2D eigenvalue weighted by Gasteiger charge is 2.31. The molecule has 248 valence electrons. The number of carbonyl (C=O) groups excluding carboxylic acids is 1. The molecular formula is C42H56O4. The van der Waals surface area contributed by atoms with Gasteiger partial charge in [0, 0.05) is 11.6 Å². The Balaban J connectivity index is 0.912. The van der Waals surface area contributed by atoms with Crippen LogP contribution in [0.25, 0.3) is 0 Å². The quantitative estimate of drug-likeness (QED) is 0.120. The third-order valence-electron chi connectivity index (χ3n) is 10.7. The molecule has 4 nitrogen and oxygen atoms in total. The van der Waals surface area contributed by atoms with Gasteiger partial charge in [-0.3, -0.25) is 4.79 Å². The second-order valence-corrected chi connectivity index (χ2v) is 13.9. The normalized spacial score (nSPS) is 21.5. The molecule has 0 amide bonds. The minimum atomic E-state index is -0.194. The molecule has 2 fully saturated rings. The van der Waals surface area contributed by atoms with E-state index < -0.39 is 0 Å². The fourth-order valence-corrected chi connectivity index (χ4v) is 7.87. The standard InChI is InChI=1S/C42H56O4/c1-2-3-7-12-32-15-17-33(18-16-32)34-19-21-35(22-20-34)36-23-25-38(26-24-36)45-29-10-4-5-11-30-46-39-27-28-40(41(43)31-39)42(44)37-13-8-6-9-14-37/h6,8-9,13-14,23-28,31-35,43H,2-5,7,10-12,15-22,29-30H2,1H3/t32-,33-,34-,35-. The molecule has 0 atom stereocenters. The largest absolute Gasteiger partial charge is 0.507 e. The lowest BCUT2D eigenvalue weighted by Gasteiger charge is -2.38. The smallest absolute Gasteiger partial charge is 0.196 e. The van der Waals surface area contributed by atoms with Gasteiger partial charge in [-0.25, -0.2) is 0 Å². The van der Waals surface area contributed by atoms with Gasteiger partial charge in [-0.1, -0.05) is 87.9 Å². The predicted octanol–water partition coefficient (Wildman–Crippen LogP) is 11.3. The Morgan fingerprint density at radius 1 is 0.674 bits per heavy atom. The maximum absolute atomic E-state index is 12.6. The van der Waals surface area contributed by atoms with E-state index in [4.69, 9.17) is 9.47 Å². The Labute approximate surface area is 277 Å². The van der Waals surface area contributed by atoms with Crippen LogP contribution in [0.1, 0.15) is 137 Å². The van der Waals surface area contributed by atoms with Crippen molar-refractivity contribution >= 4 is 5.78 Å². The zero-order valence-corrected chi connectivity index (χ0v) is 28.1. The van der Waals surface area contributed by atoms with Crippen LogP contribution in [0.15, 0.2) is 72.8 Å². The first-order valence-electron chi connectivity index (χ1n) is 18.4. The lowest BCUT2D eigenvalue weighted by atomic mass is 9.68. The lowest BCUT2D eigenvalue weighted by Crippen LogP contribution is -2.25. The highest BCUT2D eigenvalue weighted by atomic mass is 16.5. The molecule has 0 saturated heterocycles. The molecule has 2 aliphatic carbocycles. The van der Waals surface area contributed by atoms with E-state index in [0.717, 1.165) is 61.7 Å². The first-order chi connectivity index (χ1) is 22.6. The van der Waals surface area contributed by atoms with Crippen LogP contribution in [0.5, 0.6) is 17.2 Å². The van der Waals surface area contributed by atoms with Gasteiger partial charge in [0.2, 0.25) is 0 Å². The Kier molecular flexibility index (Phi) is 13.5. The number of ether oxygens (including phenoxy) is 2. The summed E-state index contributed by atoms with van der Waals surface area (Å²) in [6.07, 6.45) is 21.3. The van der Waals surface area contributed by atoms with Gasteiger partial charge in [-0.05, 0) is 118 Å². The maximum atomic E-state index is 12.6. The third kappa shape index (κ3) is 10.1. The van der Waals surface area contributed by atoms with Gasteiger partial charge in [0.15, 0.2) is 5.78 Å². The molecule has 0 aromatic heterocycles. The summed E-state index contributed by atoms with van der Waals surface area (Å²) in [6.45, 7) is 3.63. The van der Waals surface area contributed by atoms with Crippen molar-refractivity contribution in [2.45, 2.75) is 116 Å². The van der Waals surface area contributed by atoms with E-state index in [9.17, 15) is 9.90 Å². The molecule has 5 rings (SSSR count). The molecular weight excluding hydrogens is 568 g/mol. The molecule has 0 aliphatic heterocycles. The van der Waals surface area contributed by atoms with E-state index >= 15 is 0 Å². The molecule has 0 spiro atoms. The third-order valence-corrected chi connectivity index (χ3v) is 10.7. The summed E-state index contributed by atoms with van der Waals surface area (Å²) >= 11 is 0. The first kappa shape index (κ1) is 34.1. The SMILES string of the molecule is CCCCC[C@H]1CC[C@H]([C@H]2CC[C@H](c3ccc(OCCCCCCOc4ccc(C(=O)c5ccccc5)c(O)c4)cc3)CC2)CC1. The second kappa shape index (κ2) is 18.2. The van der Waals surface area contributed by atoms with Crippen LogP contribution in [0.4, 0.5) is 0 Å². The van der Waals surface area contributed by atoms with E-state index in [1.54, 1.807) is 24.3 Å². The minimum Gasteiger partial charge on any atom is -0.507 e. The fourth-order valence-electron chi connectivity index (χ4n) is 7.87. The van der Waals surface area contributed by atoms with Crippen molar-refractivity contribution in [3.63, 3.8) is 0 Å². The number of benzene rings is 3. The minimum absolute atomic E-state index is 0.0513. The number of rotatable bonds is 17. The van der Waals surface area contributed by atoms with Crippen molar-refractivity contribution < 1.29 is 19.4 Å². The van der Waals surface area contributed by atoms with Crippen LogP contribution >= 0.6 is 0 Å². The molecule has 4 heteroatoms. The number of aromatic hydroxyl groups is 1. The average molecular weight is 625 g/mol. The molecule has 3 aromatic carbocycles. The van der Waals surface area contributed by atoms with Crippen LogP contribution in [0.3, 0.4) is 0 Å². The number of ketones is 1. The molecule has 0 bridgehead atoms. The van der Waals surface area contributed by atoms with Crippen LogP contribution in [-0.2, 0) is 0 Å². The number of unbranched alkanes of at least 4 members (excludes halogenated alkanes) is 5. The summed E-state index contributed by atoms with van der Waals surface area (Å²) in [7, 11) is 0. The number of hydrogen-bond acceptors (Lipinski definition) is 4. The van der Waals surface area contributed by atoms with E-state index in [-0.39, 0.29) is 17.1 Å². The van der Waals surface area contributed by atoms with Crippen LogP contribution in [0, 0.1) is 17.8 Å². The van der Waals surface area contributed by atoms with Crippen LogP contribution < -0.4 is 9.47 Å². The maximum Gasteiger partial charge on any atom is 0.196 e. The Bertz CT molecular complexity index is 1300. The first-order valence-corrected chi connectivity index (χ1v) is 18.4. The second-order valence-electron chi connectivity index (χ2n) is 13.9. The topological polar surface area (TPSA) is 55.8 Å². The Morgan fingerprint density at radius 2 is 1.28 bits per heavy atom. The van der Waals surface area contributed by atoms with Gasteiger partial charge < -0.3 is 14.6 Å². The van der Waals surface area contributed by atoms with Crippen molar-refractivity contribution in [3.8, 4) is 17.2 Å². The lowest BCUT2D eigenvalue weighted by molar-refractivity contribution is 0.103. The van der Waals surface area contributed by atoms with Gasteiger partial charge in [-0.2, -0.15) is 0 Å². The number of phenols is 1. The molecule has 0 radical (unpaired) electrons. The Hall–Kier alpha value is -3.27. The molecule has 3 aromatic rings. The van der Waals surface area contributed by atoms with Gasteiger partial charge in [-0.15, -0.1) is 0 Å². The number of phenolic OH excluding ortho intramolecular Hbond substituents is 1. The number of hydrogen-bond donors (Lipinski definition) is 1. The molecule has 2 aliphatic rings. The van der Waals surface area contributed by atoms with Crippen molar-refractivity contribution in [2.75, 3.05) is 13.2 Å². The van der Waals surface area contributed by atoms with Crippen molar-refractivity contribution in [1.82, 2.24) is 0 Å². The van der Waals surface area contributed by atoms with Gasteiger partial charge in [0.05, 0.1) is 18.8 Å². The summed E-state index contributed by atoms with van der Waals surface area (Å²) in [4.78, 5) is 12.6. The zero-order valence-electron chi connectivity index (χ0n) is 28.1. The monoisotopic (exact) mass is 624 g/mol. The molecule has 46 heavy (non-hydrogen) atoms. The summed E-state index contributed by atoms with van der Waals surface area (Å²) in [5.41, 5.74) is 2.34. The van der Waals surface area contributed by atoms with Crippen molar-refractivity contribution in [2.24, 2.45) is 17.8 Å². The molecule has 1 N–H and O–H groups in total. The molecule has 0 heterocycles. The van der Waals surface area contributed by atoms with Crippen molar-refractivity contribution in [3.05, 3.63) is 89.5 Å². The zero-order chi connectivity index (χ0) is 32.0. The molecule has 0 unspecified atom stereocenters. The van der Waals surface area contributed by atoms with E-state index in [1.807, 2.05) is 18.2 Å². The highest BCUT2D eigenvalue weighted by molar-refractivity contribution is 6.10. The number of carbonyl (C=O) groups is 1. The molecule has 2 saturated carbocycles. The van der Waals surface area contributed by atoms with Crippen molar-refractivity contribution in [1.29, 1.82) is 0 Å². The van der Waals surface area contributed by atoms with E-state index in [1.165, 1.54) is 88.7 Å². The fraction of sp³-hybridized carbons (Fsp3) is 0.548. The van der Waals surface area contributed by atoms with Crippen LogP contribution in [-0.4, -0.2) is 24.1 Å². The van der Waals surface area contributed by atoms with Gasteiger partial charge in [0.1, 0.15) is 17.2 Å². The summed E-state index contributed by atoms with van der Waals surface area (Å²) < 4.78 is 11.9. The average Bonchev–Trinajstić information content (AvgIpc) is 3.10. The van der Waals surface area contributed by atoms with E-state index in [0.29, 0.717) is 17.9 Å². The van der Waals surface area contributed by atoms with Crippen LogP contribution in [0.2, 0.25) is 0 Å². The predicted molar refractivity (Wildman–Crippen MR) is 188 cm³/mol. The Morgan fingerprint density at radius 3 is 1.91 bits per heavy atom. The van der Waals surface area contributed by atoms with Gasteiger partial charge >= 0.3 is 0 Å². The van der Waals surface area contributed by atoms with E-state index in [2.05, 4.69) is 31.2 Å². The highest BCUT2D eigenvalue weighted by Crippen LogP contribution is 2.44.